The Balaban J connectivity index is 2.36. The number of hydrogen-bond acceptors (Lipinski definition) is 7. The number of benzene rings is 1. The van der Waals surface area contributed by atoms with Crippen LogP contribution in [0.1, 0.15) is 58.6 Å². The van der Waals surface area contributed by atoms with Crippen LogP contribution in [0.15, 0.2) is 24.3 Å². The Kier molecular flexibility index (Phi) is 8.67. The van der Waals surface area contributed by atoms with Crippen molar-refractivity contribution >= 4 is 23.9 Å². The molecule has 1 aromatic rings. The number of ether oxygens (including phenoxy) is 2. The number of rotatable bonds is 8. The lowest BCUT2D eigenvalue weighted by Gasteiger charge is -2.43. The molecule has 1 aromatic carbocycles. The number of alkyl carbamates (subject to hydrolysis) is 1. The van der Waals surface area contributed by atoms with Crippen LogP contribution in [0.2, 0.25) is 0 Å². The van der Waals surface area contributed by atoms with Crippen molar-refractivity contribution in [3.8, 4) is 5.75 Å². The number of hydrogen-bond donors (Lipinski definition) is 3. The van der Waals surface area contributed by atoms with Crippen LogP contribution >= 0.6 is 0 Å². The number of methoxy groups -OCH3 is 1. The molecule has 3 N–H and O–H groups in total. The minimum Gasteiger partial charge on any atom is -0.508 e. The van der Waals surface area contributed by atoms with E-state index in [2.05, 4.69) is 15.4 Å². The molecule has 33 heavy (non-hydrogen) atoms. The van der Waals surface area contributed by atoms with E-state index < -0.39 is 48.1 Å². The molecule has 0 bridgehead atoms. The van der Waals surface area contributed by atoms with Gasteiger partial charge in [-0.25, -0.2) is 4.79 Å². The summed E-state index contributed by atoms with van der Waals surface area (Å²) in [5, 5.41) is 15.5. The first-order valence-electron chi connectivity index (χ1n) is 10.9. The summed E-state index contributed by atoms with van der Waals surface area (Å²) in [4.78, 5) is 51.9. The monoisotopic (exact) mass is 463 g/mol. The van der Waals surface area contributed by atoms with E-state index in [0.29, 0.717) is 12.8 Å². The molecule has 2 unspecified atom stereocenters. The number of amides is 3. The summed E-state index contributed by atoms with van der Waals surface area (Å²) < 4.78 is 9.81. The van der Waals surface area contributed by atoms with Gasteiger partial charge in [0.1, 0.15) is 30.0 Å². The van der Waals surface area contributed by atoms with Crippen LogP contribution in [0, 0.1) is 0 Å². The van der Waals surface area contributed by atoms with Crippen LogP contribution in [-0.4, -0.2) is 65.2 Å². The molecule has 0 spiro atoms. The molecule has 10 nitrogen and oxygen atoms in total. The van der Waals surface area contributed by atoms with Gasteiger partial charge >= 0.3 is 12.1 Å². The van der Waals surface area contributed by atoms with Crippen molar-refractivity contribution in [1.29, 1.82) is 0 Å². The molecule has 0 saturated heterocycles. The predicted molar refractivity (Wildman–Crippen MR) is 119 cm³/mol. The molecule has 1 aliphatic carbocycles. The lowest BCUT2D eigenvalue weighted by atomic mass is 9.88. The lowest BCUT2D eigenvalue weighted by molar-refractivity contribution is -0.148. The molecule has 2 atom stereocenters. The Hall–Kier alpha value is -3.30. The van der Waals surface area contributed by atoms with Crippen molar-refractivity contribution in [2.45, 2.75) is 70.7 Å². The molecule has 1 saturated carbocycles. The van der Waals surface area contributed by atoms with Gasteiger partial charge in [-0.2, -0.15) is 0 Å². The largest absolute Gasteiger partial charge is 0.508 e. The third-order valence-electron chi connectivity index (χ3n) is 5.22. The van der Waals surface area contributed by atoms with E-state index in [-0.39, 0.29) is 17.4 Å². The molecule has 2 rings (SSSR count). The number of nitrogens with zero attached hydrogens (tertiary/aromatic N) is 1. The number of phenolic OH excluding ortho intramolecular Hbond substituents is 1. The zero-order chi connectivity index (χ0) is 24.8. The number of aromatic hydroxyl groups is 1. The highest BCUT2D eigenvalue weighted by atomic mass is 16.6. The van der Waals surface area contributed by atoms with Crippen LogP contribution < -0.4 is 10.6 Å². The summed E-state index contributed by atoms with van der Waals surface area (Å²) in [6.45, 7) is 6.24. The summed E-state index contributed by atoms with van der Waals surface area (Å²) in [7, 11) is 1.20. The Bertz CT molecular complexity index is 877. The van der Waals surface area contributed by atoms with E-state index >= 15 is 0 Å². The molecule has 1 aliphatic rings. The maximum atomic E-state index is 13.5. The number of para-hydroxylation sites is 1. The summed E-state index contributed by atoms with van der Waals surface area (Å²) in [6.07, 6.45) is 1.45. The van der Waals surface area contributed by atoms with Crippen molar-refractivity contribution in [2.24, 2.45) is 0 Å². The van der Waals surface area contributed by atoms with Crippen molar-refractivity contribution in [3.05, 3.63) is 29.8 Å². The average Bonchev–Trinajstić information content (AvgIpc) is 2.69. The van der Waals surface area contributed by atoms with Gasteiger partial charge in [-0.3, -0.25) is 14.4 Å². The number of phenols is 1. The molecule has 0 aromatic heterocycles. The highest BCUT2D eigenvalue weighted by Gasteiger charge is 2.41. The predicted octanol–water partition coefficient (Wildman–Crippen LogP) is 2.02. The fourth-order valence-electron chi connectivity index (χ4n) is 3.42. The maximum Gasteiger partial charge on any atom is 0.408 e. The van der Waals surface area contributed by atoms with E-state index in [1.807, 2.05) is 0 Å². The molecule has 0 heterocycles. The topological polar surface area (TPSA) is 134 Å². The number of nitrogens with one attached hydrogen (secondary N) is 2. The second-order valence-electron chi connectivity index (χ2n) is 8.95. The SMILES string of the molecule is COC(=O)CNC(=O)C(c1ccccc1O)N(C(=O)C(C)NC(=O)OC(C)(C)C)C1CCC1. The van der Waals surface area contributed by atoms with Crippen LogP contribution in [0.4, 0.5) is 4.79 Å². The van der Waals surface area contributed by atoms with Gasteiger partial charge in [0.05, 0.1) is 7.11 Å². The zero-order valence-corrected chi connectivity index (χ0v) is 19.7. The quantitative estimate of drug-likeness (QED) is 0.502. The fourth-order valence-corrected chi connectivity index (χ4v) is 3.42. The summed E-state index contributed by atoms with van der Waals surface area (Å²) in [5.74, 6) is -1.97. The Labute approximate surface area is 193 Å². The van der Waals surface area contributed by atoms with Crippen molar-refractivity contribution in [1.82, 2.24) is 15.5 Å². The van der Waals surface area contributed by atoms with Crippen molar-refractivity contribution < 1.29 is 33.8 Å². The second-order valence-corrected chi connectivity index (χ2v) is 8.95. The average molecular weight is 464 g/mol. The van der Waals surface area contributed by atoms with Crippen molar-refractivity contribution in [2.75, 3.05) is 13.7 Å². The van der Waals surface area contributed by atoms with Crippen molar-refractivity contribution in [3.63, 3.8) is 0 Å². The van der Waals surface area contributed by atoms with Gasteiger partial charge < -0.3 is 30.1 Å². The molecule has 3 amide bonds. The number of esters is 1. The third-order valence-corrected chi connectivity index (χ3v) is 5.22. The van der Waals surface area contributed by atoms with Gasteiger partial charge in [0, 0.05) is 11.6 Å². The number of carbonyl (C=O) groups is 4. The van der Waals surface area contributed by atoms with E-state index in [9.17, 15) is 24.3 Å². The Morgan fingerprint density at radius 2 is 1.82 bits per heavy atom. The minimum absolute atomic E-state index is 0.166. The van der Waals surface area contributed by atoms with Gasteiger partial charge in [-0.05, 0) is 53.0 Å². The first-order valence-corrected chi connectivity index (χ1v) is 10.9. The first kappa shape index (κ1) is 26.0. The van der Waals surface area contributed by atoms with Crippen LogP contribution in [-0.2, 0) is 23.9 Å². The van der Waals surface area contributed by atoms with Crippen LogP contribution in [0.3, 0.4) is 0 Å². The highest BCUT2D eigenvalue weighted by Crippen LogP contribution is 2.36. The molecule has 0 aliphatic heterocycles. The number of carbonyl (C=O) groups excluding carboxylic acids is 4. The smallest absolute Gasteiger partial charge is 0.408 e. The van der Waals surface area contributed by atoms with E-state index in [4.69, 9.17) is 4.74 Å². The van der Waals surface area contributed by atoms with E-state index in [0.717, 1.165) is 6.42 Å². The molecule has 0 radical (unpaired) electrons. The van der Waals surface area contributed by atoms with Gasteiger partial charge in [0.2, 0.25) is 11.8 Å². The molecule has 182 valence electrons. The normalized spacial score (nSPS) is 15.4. The second kappa shape index (κ2) is 11.0. The molecular formula is C23H33N3O7. The van der Waals surface area contributed by atoms with Gasteiger partial charge in [0.25, 0.3) is 0 Å². The molecule has 10 heteroatoms. The lowest BCUT2D eigenvalue weighted by Crippen LogP contribution is -2.57. The van der Waals surface area contributed by atoms with Gasteiger partial charge in [-0.15, -0.1) is 0 Å². The third kappa shape index (κ3) is 7.10. The van der Waals surface area contributed by atoms with E-state index in [1.54, 1.807) is 39.0 Å². The summed E-state index contributed by atoms with van der Waals surface area (Å²) >= 11 is 0. The Morgan fingerprint density at radius 3 is 2.33 bits per heavy atom. The Morgan fingerprint density at radius 1 is 1.18 bits per heavy atom. The minimum atomic E-state index is -1.21. The van der Waals surface area contributed by atoms with Crippen LogP contribution in [0.25, 0.3) is 0 Å². The summed E-state index contributed by atoms with van der Waals surface area (Å²) in [6, 6.07) is 3.73. The molecule has 1 fully saturated rings. The highest BCUT2D eigenvalue weighted by molar-refractivity contribution is 5.93. The van der Waals surface area contributed by atoms with E-state index in [1.165, 1.54) is 25.0 Å². The molecular weight excluding hydrogens is 430 g/mol. The fraction of sp³-hybridized carbons (Fsp3) is 0.565. The van der Waals surface area contributed by atoms with Crippen LogP contribution in [0.5, 0.6) is 5.75 Å². The maximum absolute atomic E-state index is 13.5. The van der Waals surface area contributed by atoms with Gasteiger partial charge in [-0.1, -0.05) is 18.2 Å². The standard InChI is InChI=1S/C23H33N3O7/c1-14(25-22(31)33-23(2,3)4)21(30)26(15-9-8-10-15)19(16-11-6-7-12-17(16)27)20(29)24-13-18(28)32-5/h6-7,11-12,14-15,19,27H,8-10,13H2,1-5H3,(H,24,29)(H,25,31). The summed E-state index contributed by atoms with van der Waals surface area (Å²) in [5.41, 5.74) is -0.531. The zero-order valence-electron chi connectivity index (χ0n) is 19.7. The first-order chi connectivity index (χ1) is 15.4. The van der Waals surface area contributed by atoms with Gasteiger partial charge in [0.15, 0.2) is 0 Å².